The van der Waals surface area contributed by atoms with Gasteiger partial charge in [-0.2, -0.15) is 0 Å². The molecule has 1 aromatic rings. The normalized spacial score (nSPS) is 13.6. The van der Waals surface area contributed by atoms with Gasteiger partial charge in [-0.15, -0.1) is 0 Å². The van der Waals surface area contributed by atoms with Gasteiger partial charge in [-0.3, -0.25) is 4.79 Å². The number of nitrogens with one attached hydrogen (secondary N) is 1. The Bertz CT molecular complexity index is 500. The fourth-order valence-electron chi connectivity index (χ4n) is 1.70. The Morgan fingerprint density at radius 3 is 2.94 bits per heavy atom. The van der Waals surface area contributed by atoms with E-state index < -0.39 is 11.9 Å². The second-order valence-electron chi connectivity index (χ2n) is 3.60. The molecular formula is C11H11NO5. The number of carboxylic acid groups (broad SMARTS) is 1. The second-order valence-corrected chi connectivity index (χ2v) is 3.60. The van der Waals surface area contributed by atoms with Crippen LogP contribution in [0.25, 0.3) is 5.70 Å². The van der Waals surface area contributed by atoms with Crippen molar-refractivity contribution in [1.29, 1.82) is 0 Å². The molecule has 0 saturated carbocycles. The summed E-state index contributed by atoms with van der Waals surface area (Å²) in [6, 6.07) is 0. The molecule has 2 N–H and O–H groups in total. The van der Waals surface area contributed by atoms with Crippen molar-refractivity contribution in [3.63, 3.8) is 0 Å². The van der Waals surface area contributed by atoms with Gasteiger partial charge < -0.3 is 14.4 Å². The van der Waals surface area contributed by atoms with Crippen molar-refractivity contribution >= 4 is 17.6 Å². The summed E-state index contributed by atoms with van der Waals surface area (Å²) in [6.45, 7) is 1.25. The summed E-state index contributed by atoms with van der Waals surface area (Å²) in [6.07, 6.45) is 4.30. The van der Waals surface area contributed by atoms with Crippen molar-refractivity contribution in [3.8, 4) is 0 Å². The maximum atomic E-state index is 11.0. The number of hydrogen-bond acceptors (Lipinski definition) is 5. The van der Waals surface area contributed by atoms with Crippen molar-refractivity contribution in [1.82, 2.24) is 5.48 Å². The molecule has 6 nitrogen and oxygen atoms in total. The zero-order valence-electron chi connectivity index (χ0n) is 9.15. The molecule has 0 bridgehead atoms. The van der Waals surface area contributed by atoms with Gasteiger partial charge in [0.2, 0.25) is 0 Å². The number of fused-ring (bicyclic) bond motifs is 1. The van der Waals surface area contributed by atoms with E-state index in [0.29, 0.717) is 29.9 Å². The van der Waals surface area contributed by atoms with Crippen LogP contribution in [0.2, 0.25) is 0 Å². The molecule has 6 heteroatoms. The summed E-state index contributed by atoms with van der Waals surface area (Å²) in [4.78, 5) is 26.3. The number of hydroxylamine groups is 1. The largest absolute Gasteiger partial charge is 0.478 e. The van der Waals surface area contributed by atoms with Crippen LogP contribution in [-0.4, -0.2) is 17.0 Å². The van der Waals surface area contributed by atoms with Crippen LogP contribution in [0.15, 0.2) is 16.8 Å². The highest BCUT2D eigenvalue weighted by Crippen LogP contribution is 2.29. The summed E-state index contributed by atoms with van der Waals surface area (Å²) in [5, 5.41) is 9.00. The standard InChI is InChI=1S/C11H11NO5/c1-6(13)17-12-8-3-2-4-9-10(8)7(5-16-9)11(14)15/h3,5,12H,2,4H2,1H3,(H,14,15). The maximum absolute atomic E-state index is 11.0. The molecule has 0 aromatic carbocycles. The van der Waals surface area contributed by atoms with Gasteiger partial charge in [-0.1, -0.05) is 6.08 Å². The van der Waals surface area contributed by atoms with Crippen LogP contribution in [0.1, 0.15) is 35.0 Å². The van der Waals surface area contributed by atoms with E-state index in [0.717, 1.165) is 0 Å². The topological polar surface area (TPSA) is 88.8 Å². The Morgan fingerprint density at radius 1 is 1.53 bits per heavy atom. The van der Waals surface area contributed by atoms with Gasteiger partial charge >= 0.3 is 11.9 Å². The minimum Gasteiger partial charge on any atom is -0.478 e. The summed E-state index contributed by atoms with van der Waals surface area (Å²) < 4.78 is 5.18. The van der Waals surface area contributed by atoms with E-state index in [1.807, 2.05) is 0 Å². The third-order valence-electron chi connectivity index (χ3n) is 2.39. The summed E-state index contributed by atoms with van der Waals surface area (Å²) >= 11 is 0. The van der Waals surface area contributed by atoms with E-state index in [1.54, 1.807) is 6.08 Å². The molecule has 90 valence electrons. The van der Waals surface area contributed by atoms with Crippen LogP contribution in [-0.2, 0) is 16.1 Å². The smallest absolute Gasteiger partial charge is 0.339 e. The van der Waals surface area contributed by atoms with Crippen LogP contribution in [0.4, 0.5) is 0 Å². The summed E-state index contributed by atoms with van der Waals surface area (Å²) in [5.74, 6) is -0.995. The first-order valence-electron chi connectivity index (χ1n) is 5.07. The van der Waals surface area contributed by atoms with Crippen LogP contribution >= 0.6 is 0 Å². The number of carbonyl (C=O) groups is 2. The molecule has 1 aromatic heterocycles. The number of carbonyl (C=O) groups excluding carboxylic acids is 1. The Kier molecular flexibility index (Phi) is 2.86. The SMILES string of the molecule is CC(=O)ONC1=CCCc2occ(C(=O)O)c21. The minimum absolute atomic E-state index is 0.0607. The number of furan rings is 1. The molecule has 0 aliphatic heterocycles. The molecule has 0 amide bonds. The molecule has 0 saturated heterocycles. The van der Waals surface area contributed by atoms with Crippen LogP contribution < -0.4 is 5.48 Å². The van der Waals surface area contributed by atoms with E-state index in [1.165, 1.54) is 13.2 Å². The molecule has 0 atom stereocenters. The van der Waals surface area contributed by atoms with Gasteiger partial charge in [-0.05, 0) is 6.42 Å². The molecule has 0 fully saturated rings. The van der Waals surface area contributed by atoms with Crippen molar-refractivity contribution < 1.29 is 24.0 Å². The van der Waals surface area contributed by atoms with Crippen LogP contribution in [0, 0.1) is 0 Å². The first-order valence-corrected chi connectivity index (χ1v) is 5.07. The van der Waals surface area contributed by atoms with Gasteiger partial charge in [0.05, 0.1) is 11.3 Å². The zero-order chi connectivity index (χ0) is 12.4. The summed E-state index contributed by atoms with van der Waals surface area (Å²) in [5.41, 5.74) is 3.41. The number of carboxylic acids is 1. The third-order valence-corrected chi connectivity index (χ3v) is 2.39. The van der Waals surface area contributed by atoms with E-state index in [-0.39, 0.29) is 5.56 Å². The van der Waals surface area contributed by atoms with Crippen molar-refractivity contribution in [2.75, 3.05) is 0 Å². The molecule has 1 aliphatic rings. The van der Waals surface area contributed by atoms with E-state index >= 15 is 0 Å². The Balaban J connectivity index is 2.32. The van der Waals surface area contributed by atoms with Crippen molar-refractivity contribution in [2.45, 2.75) is 19.8 Å². The van der Waals surface area contributed by atoms with Gasteiger partial charge in [0.25, 0.3) is 0 Å². The molecule has 1 aliphatic carbocycles. The quantitative estimate of drug-likeness (QED) is 0.771. The lowest BCUT2D eigenvalue weighted by Crippen LogP contribution is -2.19. The average Bonchev–Trinajstić information content (AvgIpc) is 2.70. The monoisotopic (exact) mass is 237 g/mol. The van der Waals surface area contributed by atoms with Crippen molar-refractivity contribution in [3.05, 3.63) is 29.2 Å². The molecule has 17 heavy (non-hydrogen) atoms. The van der Waals surface area contributed by atoms with Gasteiger partial charge in [0.1, 0.15) is 17.6 Å². The van der Waals surface area contributed by atoms with Crippen molar-refractivity contribution in [2.24, 2.45) is 0 Å². The lowest BCUT2D eigenvalue weighted by Gasteiger charge is -2.14. The number of hydrogen-bond donors (Lipinski definition) is 2. The molecule has 1 heterocycles. The first kappa shape index (κ1) is 11.3. The summed E-state index contributed by atoms with van der Waals surface area (Å²) in [7, 11) is 0. The van der Waals surface area contributed by atoms with Gasteiger partial charge in [0.15, 0.2) is 0 Å². The van der Waals surface area contributed by atoms with Gasteiger partial charge in [0, 0.05) is 13.3 Å². The first-order chi connectivity index (χ1) is 8.09. The predicted molar refractivity (Wildman–Crippen MR) is 56.9 cm³/mol. The lowest BCUT2D eigenvalue weighted by atomic mass is 9.99. The predicted octanol–water partition coefficient (Wildman–Crippen LogP) is 1.33. The fraction of sp³-hybridized carbons (Fsp3) is 0.273. The minimum atomic E-state index is -1.08. The third kappa shape index (κ3) is 2.15. The molecule has 2 rings (SSSR count). The zero-order valence-corrected chi connectivity index (χ0v) is 9.15. The van der Waals surface area contributed by atoms with Gasteiger partial charge in [-0.25, -0.2) is 10.3 Å². The number of rotatable bonds is 3. The highest BCUT2D eigenvalue weighted by Gasteiger charge is 2.24. The average molecular weight is 237 g/mol. The maximum Gasteiger partial charge on any atom is 0.339 e. The highest BCUT2D eigenvalue weighted by atomic mass is 16.7. The van der Waals surface area contributed by atoms with E-state index in [2.05, 4.69) is 10.3 Å². The number of allylic oxidation sites excluding steroid dienone is 1. The number of aromatic carboxylic acids is 1. The van der Waals surface area contributed by atoms with Crippen LogP contribution in [0.5, 0.6) is 0 Å². The highest BCUT2D eigenvalue weighted by molar-refractivity contribution is 5.94. The fourth-order valence-corrected chi connectivity index (χ4v) is 1.70. The lowest BCUT2D eigenvalue weighted by molar-refractivity contribution is -0.145. The molecule has 0 spiro atoms. The molecular weight excluding hydrogens is 226 g/mol. The molecule has 0 radical (unpaired) electrons. The Morgan fingerprint density at radius 2 is 2.29 bits per heavy atom. The number of aryl methyl sites for hydroxylation is 1. The molecule has 0 unspecified atom stereocenters. The van der Waals surface area contributed by atoms with Crippen LogP contribution in [0.3, 0.4) is 0 Å². The Hall–Kier alpha value is -2.24. The second kappa shape index (κ2) is 4.32. The Labute approximate surface area is 96.8 Å². The van der Waals surface area contributed by atoms with E-state index in [4.69, 9.17) is 9.52 Å². The van der Waals surface area contributed by atoms with E-state index in [9.17, 15) is 9.59 Å².